The zero-order chi connectivity index (χ0) is 22.0. The van der Waals surface area contributed by atoms with Crippen LogP contribution in [0.1, 0.15) is 26.5 Å². The molecule has 0 fully saturated rings. The number of ketones is 1. The highest BCUT2D eigenvalue weighted by molar-refractivity contribution is 7.13. The minimum atomic E-state index is -0.897. The number of carbonyl (C=O) groups excluding carboxylic acids is 2. The van der Waals surface area contributed by atoms with Crippen LogP contribution in [0.3, 0.4) is 0 Å². The van der Waals surface area contributed by atoms with Crippen molar-refractivity contribution in [2.24, 2.45) is 0 Å². The van der Waals surface area contributed by atoms with Gasteiger partial charge >= 0.3 is 0 Å². The Morgan fingerprint density at radius 3 is 2.58 bits per heavy atom. The Kier molecular flexibility index (Phi) is 5.78. The molecule has 1 N–H and O–H groups in total. The first-order valence-electron chi connectivity index (χ1n) is 10.1. The summed E-state index contributed by atoms with van der Waals surface area (Å²) < 4.78 is 11.8. The largest absolute Gasteiger partial charge is 0.486 e. The Balaban J connectivity index is 1.66. The number of carbonyl (C=O) groups is 2. The molecule has 0 saturated heterocycles. The minimum absolute atomic E-state index is 0.0939. The quantitative estimate of drug-likeness (QED) is 0.624. The van der Waals surface area contributed by atoms with Gasteiger partial charge in [0.15, 0.2) is 17.3 Å². The number of thiazole rings is 1. The molecule has 7 heteroatoms. The summed E-state index contributed by atoms with van der Waals surface area (Å²) >= 11 is 1.47. The number of fused-ring (bicyclic) bond motifs is 1. The molecule has 0 unspecified atom stereocenters. The van der Waals surface area contributed by atoms with E-state index in [0.717, 1.165) is 27.4 Å². The molecule has 3 aromatic rings. The van der Waals surface area contributed by atoms with Crippen molar-refractivity contribution in [3.63, 3.8) is 0 Å². The number of amides is 1. The number of hydrogen-bond donors (Lipinski definition) is 1. The molecule has 2 aromatic carbocycles. The van der Waals surface area contributed by atoms with Crippen molar-refractivity contribution in [1.82, 2.24) is 10.3 Å². The predicted molar refractivity (Wildman–Crippen MR) is 121 cm³/mol. The van der Waals surface area contributed by atoms with Gasteiger partial charge in [-0.25, -0.2) is 4.98 Å². The van der Waals surface area contributed by atoms with Crippen LogP contribution in [0.5, 0.6) is 11.5 Å². The van der Waals surface area contributed by atoms with Gasteiger partial charge in [0.2, 0.25) is 5.91 Å². The van der Waals surface area contributed by atoms with Crippen molar-refractivity contribution >= 4 is 23.0 Å². The monoisotopic (exact) mass is 436 g/mol. The maximum absolute atomic E-state index is 12.4. The van der Waals surface area contributed by atoms with Gasteiger partial charge in [-0.2, -0.15) is 0 Å². The van der Waals surface area contributed by atoms with Gasteiger partial charge in [0, 0.05) is 16.5 Å². The fraction of sp³-hybridized carbons (Fsp3) is 0.292. The van der Waals surface area contributed by atoms with Crippen molar-refractivity contribution in [1.29, 1.82) is 0 Å². The number of hydrogen-bond acceptors (Lipinski definition) is 6. The molecule has 0 aliphatic carbocycles. The lowest BCUT2D eigenvalue weighted by atomic mass is 9.98. The Morgan fingerprint density at radius 1 is 1.10 bits per heavy atom. The third-order valence-electron chi connectivity index (χ3n) is 5.23. The van der Waals surface area contributed by atoms with E-state index in [1.807, 2.05) is 47.8 Å². The van der Waals surface area contributed by atoms with Crippen molar-refractivity contribution < 1.29 is 19.1 Å². The molecule has 4 rings (SSSR count). The second-order valence-corrected chi connectivity index (χ2v) is 8.79. The Hall–Kier alpha value is -3.19. The number of nitrogens with one attached hydrogen (secondary N) is 1. The van der Waals surface area contributed by atoms with Crippen LogP contribution in [-0.2, 0) is 16.0 Å². The highest BCUT2D eigenvalue weighted by atomic mass is 32.1. The second-order valence-electron chi connectivity index (χ2n) is 7.93. The van der Waals surface area contributed by atoms with Crippen molar-refractivity contribution in [3.8, 4) is 33.2 Å². The third-order valence-corrected chi connectivity index (χ3v) is 6.15. The van der Waals surface area contributed by atoms with Gasteiger partial charge in [0.1, 0.15) is 18.2 Å². The molecular formula is C24H24N2O4S. The minimum Gasteiger partial charge on any atom is -0.486 e. The predicted octanol–water partition coefficient (Wildman–Crippen LogP) is 4.27. The van der Waals surface area contributed by atoms with E-state index in [2.05, 4.69) is 5.32 Å². The molecule has 31 heavy (non-hydrogen) atoms. The number of nitrogens with zero attached hydrogens (tertiary/aromatic N) is 1. The molecule has 6 nitrogen and oxygen atoms in total. The molecule has 1 aliphatic heterocycles. The van der Waals surface area contributed by atoms with Crippen LogP contribution in [-0.4, -0.2) is 35.4 Å². The van der Waals surface area contributed by atoms with Crippen molar-refractivity contribution in [2.45, 2.75) is 32.7 Å². The van der Waals surface area contributed by atoms with Crippen LogP contribution in [0, 0.1) is 0 Å². The highest BCUT2D eigenvalue weighted by Gasteiger charge is 2.26. The molecule has 2 heterocycles. The fourth-order valence-corrected chi connectivity index (χ4v) is 4.19. The second kappa shape index (κ2) is 8.51. The first-order chi connectivity index (χ1) is 14.8. The van der Waals surface area contributed by atoms with Gasteiger partial charge in [-0.1, -0.05) is 30.3 Å². The van der Waals surface area contributed by atoms with Gasteiger partial charge in [0.25, 0.3) is 0 Å². The topological polar surface area (TPSA) is 77.5 Å². The SMILES string of the molecule is CC(=O)C(C)(C)NC(=O)Cc1csc(-c2ccc3c(c2-c2ccccc2)OCCO3)n1. The lowest BCUT2D eigenvalue weighted by Gasteiger charge is -2.23. The Morgan fingerprint density at radius 2 is 1.84 bits per heavy atom. The smallest absolute Gasteiger partial charge is 0.226 e. The van der Waals surface area contributed by atoms with E-state index in [0.29, 0.717) is 24.7 Å². The first kappa shape index (κ1) is 21.1. The van der Waals surface area contributed by atoms with Crippen LogP contribution in [0.15, 0.2) is 47.8 Å². The molecule has 0 saturated carbocycles. The molecule has 0 radical (unpaired) electrons. The number of rotatable bonds is 6. The summed E-state index contributed by atoms with van der Waals surface area (Å²) in [6, 6.07) is 13.9. The molecule has 160 valence electrons. The zero-order valence-corrected chi connectivity index (χ0v) is 18.5. The normalized spacial score (nSPS) is 13.0. The van der Waals surface area contributed by atoms with E-state index >= 15 is 0 Å². The molecule has 1 aliphatic rings. The number of aromatic nitrogens is 1. The molecule has 0 atom stereocenters. The number of benzene rings is 2. The standard InChI is InChI=1S/C24H24N2O4S/c1-15(27)24(2,3)26-20(28)13-17-14-31-23(25-17)18-9-10-19-22(30-12-11-29-19)21(18)16-7-5-4-6-8-16/h4-10,14H,11-13H2,1-3H3,(H,26,28). The van der Waals surface area contributed by atoms with Crippen LogP contribution in [0.4, 0.5) is 0 Å². The number of Topliss-reactive ketones (excluding diaryl/α,β-unsaturated/α-hetero) is 1. The maximum atomic E-state index is 12.4. The third kappa shape index (κ3) is 4.46. The number of ether oxygens (including phenoxy) is 2. The summed E-state index contributed by atoms with van der Waals surface area (Å²) in [5, 5.41) is 5.44. The summed E-state index contributed by atoms with van der Waals surface area (Å²) in [6.07, 6.45) is 0.110. The van der Waals surface area contributed by atoms with Crippen LogP contribution in [0.25, 0.3) is 21.7 Å². The zero-order valence-electron chi connectivity index (χ0n) is 17.7. The molecule has 1 aromatic heterocycles. The summed E-state index contributed by atoms with van der Waals surface area (Å²) in [6.45, 7) is 5.87. The lowest BCUT2D eigenvalue weighted by Crippen LogP contribution is -2.49. The average molecular weight is 437 g/mol. The first-order valence-corrected chi connectivity index (χ1v) is 11.0. The van der Waals surface area contributed by atoms with Crippen LogP contribution >= 0.6 is 11.3 Å². The van der Waals surface area contributed by atoms with E-state index in [1.165, 1.54) is 18.3 Å². The summed E-state index contributed by atoms with van der Waals surface area (Å²) in [7, 11) is 0. The molecule has 1 amide bonds. The highest BCUT2D eigenvalue weighted by Crippen LogP contribution is 2.46. The Bertz CT molecular complexity index is 1120. The molecule has 0 spiro atoms. The van der Waals surface area contributed by atoms with Gasteiger partial charge in [0.05, 0.1) is 17.7 Å². The Labute approximate surface area is 185 Å². The van der Waals surface area contributed by atoms with E-state index in [4.69, 9.17) is 14.5 Å². The van der Waals surface area contributed by atoms with E-state index < -0.39 is 5.54 Å². The van der Waals surface area contributed by atoms with Crippen LogP contribution < -0.4 is 14.8 Å². The maximum Gasteiger partial charge on any atom is 0.226 e. The van der Waals surface area contributed by atoms with Gasteiger partial charge in [-0.05, 0) is 38.5 Å². The lowest BCUT2D eigenvalue weighted by molar-refractivity contribution is -0.129. The van der Waals surface area contributed by atoms with Gasteiger partial charge < -0.3 is 14.8 Å². The summed E-state index contributed by atoms with van der Waals surface area (Å²) in [4.78, 5) is 28.8. The fourth-order valence-electron chi connectivity index (χ4n) is 3.34. The van der Waals surface area contributed by atoms with E-state index in [-0.39, 0.29) is 18.1 Å². The van der Waals surface area contributed by atoms with Crippen molar-refractivity contribution in [2.75, 3.05) is 13.2 Å². The molecule has 0 bridgehead atoms. The average Bonchev–Trinajstić information content (AvgIpc) is 3.21. The van der Waals surface area contributed by atoms with Crippen LogP contribution in [0.2, 0.25) is 0 Å². The van der Waals surface area contributed by atoms with E-state index in [9.17, 15) is 9.59 Å². The van der Waals surface area contributed by atoms with Gasteiger partial charge in [-0.15, -0.1) is 11.3 Å². The van der Waals surface area contributed by atoms with E-state index in [1.54, 1.807) is 13.8 Å². The molecular weight excluding hydrogens is 412 g/mol. The van der Waals surface area contributed by atoms with Crippen molar-refractivity contribution in [3.05, 3.63) is 53.5 Å². The summed E-state index contributed by atoms with van der Waals surface area (Å²) in [5.41, 5.74) is 2.63. The summed E-state index contributed by atoms with van der Waals surface area (Å²) in [5.74, 6) is 1.11. The van der Waals surface area contributed by atoms with Gasteiger partial charge in [-0.3, -0.25) is 9.59 Å².